The fraction of sp³-hybridized carbons (Fsp3) is 0.500. The molecule has 2 atom stereocenters. The van der Waals surface area contributed by atoms with Crippen molar-refractivity contribution in [3.05, 3.63) is 33.3 Å². The smallest absolute Gasteiger partial charge is 0.255 e. The number of piperidine rings is 1. The van der Waals surface area contributed by atoms with Gasteiger partial charge in [0.25, 0.3) is 5.91 Å². The highest BCUT2D eigenvalue weighted by molar-refractivity contribution is 9.10. The Morgan fingerprint density at radius 3 is 2.95 bits per heavy atom. The number of nitrogens with two attached hydrogens (primary N) is 1. The van der Waals surface area contributed by atoms with Crippen LogP contribution in [0.1, 0.15) is 30.1 Å². The summed E-state index contributed by atoms with van der Waals surface area (Å²) in [5.41, 5.74) is 6.36. The monoisotopic (exact) mass is 344 g/mol. The summed E-state index contributed by atoms with van der Waals surface area (Å²) in [4.78, 5) is 14.6. The third-order valence-electron chi connectivity index (χ3n) is 3.73. The van der Waals surface area contributed by atoms with Gasteiger partial charge in [-0.05, 0) is 66.4 Å². The zero-order chi connectivity index (χ0) is 14.0. The molecular formula is C14H18BrClN2O. The van der Waals surface area contributed by atoms with Gasteiger partial charge in [0.2, 0.25) is 0 Å². The van der Waals surface area contributed by atoms with Gasteiger partial charge in [-0.1, -0.05) is 11.6 Å². The Labute approximate surface area is 127 Å². The van der Waals surface area contributed by atoms with E-state index in [1.165, 1.54) is 0 Å². The van der Waals surface area contributed by atoms with Crippen molar-refractivity contribution in [1.29, 1.82) is 0 Å². The fourth-order valence-electron chi connectivity index (χ4n) is 2.47. The molecule has 1 saturated heterocycles. The SMILES string of the molecule is CC1CCC(CN)CN1C(=O)c1cc(Cl)ccc1Br. The van der Waals surface area contributed by atoms with Crippen molar-refractivity contribution < 1.29 is 4.79 Å². The number of hydrogen-bond acceptors (Lipinski definition) is 2. The van der Waals surface area contributed by atoms with Crippen LogP contribution in [0.5, 0.6) is 0 Å². The van der Waals surface area contributed by atoms with E-state index in [9.17, 15) is 4.79 Å². The molecule has 1 amide bonds. The minimum Gasteiger partial charge on any atom is -0.336 e. The Hall–Kier alpha value is -0.580. The van der Waals surface area contributed by atoms with Crippen LogP contribution < -0.4 is 5.73 Å². The summed E-state index contributed by atoms with van der Waals surface area (Å²) in [6.45, 7) is 3.45. The number of rotatable bonds is 2. The average Bonchev–Trinajstić information content (AvgIpc) is 2.41. The van der Waals surface area contributed by atoms with E-state index in [1.54, 1.807) is 12.1 Å². The first-order valence-corrected chi connectivity index (χ1v) is 7.66. The lowest BCUT2D eigenvalue weighted by Gasteiger charge is -2.38. The molecule has 0 bridgehead atoms. The van der Waals surface area contributed by atoms with Gasteiger partial charge in [-0.2, -0.15) is 0 Å². The zero-order valence-corrected chi connectivity index (χ0v) is 13.2. The van der Waals surface area contributed by atoms with Gasteiger partial charge in [0.1, 0.15) is 0 Å². The lowest BCUT2D eigenvalue weighted by molar-refractivity contribution is 0.0566. The summed E-state index contributed by atoms with van der Waals surface area (Å²) in [5.74, 6) is 0.429. The van der Waals surface area contributed by atoms with Crippen LogP contribution in [0, 0.1) is 5.92 Å². The molecule has 3 nitrogen and oxygen atoms in total. The van der Waals surface area contributed by atoms with E-state index >= 15 is 0 Å². The van der Waals surface area contributed by atoms with Crippen molar-refractivity contribution in [2.45, 2.75) is 25.8 Å². The molecule has 19 heavy (non-hydrogen) atoms. The molecule has 1 aromatic rings. The average molecular weight is 346 g/mol. The number of likely N-dealkylation sites (tertiary alicyclic amines) is 1. The van der Waals surface area contributed by atoms with Crippen molar-refractivity contribution in [1.82, 2.24) is 4.90 Å². The molecule has 0 spiro atoms. The maximum Gasteiger partial charge on any atom is 0.255 e. The van der Waals surface area contributed by atoms with E-state index in [4.69, 9.17) is 17.3 Å². The van der Waals surface area contributed by atoms with E-state index < -0.39 is 0 Å². The second-order valence-corrected chi connectivity index (χ2v) is 6.40. The van der Waals surface area contributed by atoms with Crippen LogP contribution in [0.15, 0.2) is 22.7 Å². The largest absolute Gasteiger partial charge is 0.336 e. The summed E-state index contributed by atoms with van der Waals surface area (Å²) < 4.78 is 0.781. The summed E-state index contributed by atoms with van der Waals surface area (Å²) in [6, 6.07) is 5.54. The van der Waals surface area contributed by atoms with Crippen LogP contribution in [-0.2, 0) is 0 Å². The second kappa shape index (κ2) is 6.25. The van der Waals surface area contributed by atoms with E-state index in [0.29, 0.717) is 23.0 Å². The topological polar surface area (TPSA) is 46.3 Å². The van der Waals surface area contributed by atoms with E-state index in [2.05, 4.69) is 22.9 Å². The summed E-state index contributed by atoms with van der Waals surface area (Å²) in [6.07, 6.45) is 2.10. The third-order valence-corrected chi connectivity index (χ3v) is 4.66. The zero-order valence-electron chi connectivity index (χ0n) is 10.9. The van der Waals surface area contributed by atoms with Crippen LogP contribution in [-0.4, -0.2) is 29.9 Å². The highest BCUT2D eigenvalue weighted by Gasteiger charge is 2.29. The number of halogens is 2. The number of carbonyl (C=O) groups is 1. The van der Waals surface area contributed by atoms with Gasteiger partial charge in [0.15, 0.2) is 0 Å². The molecule has 104 valence electrons. The number of benzene rings is 1. The van der Waals surface area contributed by atoms with Gasteiger partial charge >= 0.3 is 0 Å². The summed E-state index contributed by atoms with van der Waals surface area (Å²) in [5, 5.41) is 0.576. The normalized spacial score (nSPS) is 23.5. The number of hydrogen-bond donors (Lipinski definition) is 1. The van der Waals surface area contributed by atoms with Crippen LogP contribution in [0.2, 0.25) is 5.02 Å². The summed E-state index contributed by atoms with van der Waals surface area (Å²) in [7, 11) is 0. The first kappa shape index (κ1) is 14.8. The Balaban J connectivity index is 2.24. The number of amides is 1. The molecule has 2 rings (SSSR count). The first-order chi connectivity index (χ1) is 9.02. The lowest BCUT2D eigenvalue weighted by atomic mass is 9.93. The molecule has 0 aliphatic carbocycles. The van der Waals surface area contributed by atoms with E-state index in [-0.39, 0.29) is 11.9 Å². The molecule has 1 fully saturated rings. The quantitative estimate of drug-likeness (QED) is 0.894. The maximum atomic E-state index is 12.6. The molecule has 1 aliphatic rings. The molecule has 2 unspecified atom stereocenters. The van der Waals surface area contributed by atoms with Crippen LogP contribution in [0.25, 0.3) is 0 Å². The van der Waals surface area contributed by atoms with Crippen LogP contribution in [0.4, 0.5) is 0 Å². The van der Waals surface area contributed by atoms with Crippen molar-refractivity contribution in [3.8, 4) is 0 Å². The predicted octanol–water partition coefficient (Wildman–Crippen LogP) is 3.30. The van der Waals surface area contributed by atoms with Gasteiger partial charge in [-0.15, -0.1) is 0 Å². The molecular weight excluding hydrogens is 328 g/mol. The molecule has 0 saturated carbocycles. The predicted molar refractivity (Wildman–Crippen MR) is 81.4 cm³/mol. The Bertz CT molecular complexity index is 481. The van der Waals surface area contributed by atoms with Crippen molar-refractivity contribution in [3.63, 3.8) is 0 Å². The molecule has 1 aliphatic heterocycles. The minimum absolute atomic E-state index is 0.0278. The molecule has 0 aromatic heterocycles. The number of nitrogens with zero attached hydrogens (tertiary/aromatic N) is 1. The summed E-state index contributed by atoms with van der Waals surface area (Å²) >= 11 is 9.40. The van der Waals surface area contributed by atoms with Gasteiger partial charge in [-0.25, -0.2) is 0 Å². The standard InChI is InChI=1S/C14H18BrClN2O/c1-9-2-3-10(7-17)8-18(9)14(19)12-6-11(16)4-5-13(12)15/h4-6,9-10H,2-3,7-8,17H2,1H3. The lowest BCUT2D eigenvalue weighted by Crippen LogP contribution is -2.47. The van der Waals surface area contributed by atoms with Crippen molar-refractivity contribution in [2.75, 3.05) is 13.1 Å². The highest BCUT2D eigenvalue weighted by atomic mass is 79.9. The third kappa shape index (κ3) is 3.30. The minimum atomic E-state index is 0.0278. The molecule has 1 heterocycles. The molecule has 0 radical (unpaired) electrons. The highest BCUT2D eigenvalue weighted by Crippen LogP contribution is 2.27. The fourth-order valence-corrected chi connectivity index (χ4v) is 3.06. The maximum absolute atomic E-state index is 12.6. The van der Waals surface area contributed by atoms with E-state index in [0.717, 1.165) is 23.9 Å². The number of carbonyl (C=O) groups excluding carboxylic acids is 1. The van der Waals surface area contributed by atoms with Gasteiger partial charge in [0, 0.05) is 22.1 Å². The van der Waals surface area contributed by atoms with Gasteiger partial charge in [0.05, 0.1) is 5.56 Å². The Kier molecular flexibility index (Phi) is 4.87. The first-order valence-electron chi connectivity index (χ1n) is 6.49. The molecule has 1 aromatic carbocycles. The molecule has 2 N–H and O–H groups in total. The van der Waals surface area contributed by atoms with Gasteiger partial charge < -0.3 is 10.6 Å². The Morgan fingerprint density at radius 2 is 2.26 bits per heavy atom. The van der Waals surface area contributed by atoms with Crippen LogP contribution >= 0.6 is 27.5 Å². The van der Waals surface area contributed by atoms with Crippen molar-refractivity contribution in [2.24, 2.45) is 11.7 Å². The Morgan fingerprint density at radius 1 is 1.53 bits per heavy atom. The molecule has 5 heteroatoms. The van der Waals surface area contributed by atoms with E-state index in [1.807, 2.05) is 11.0 Å². The van der Waals surface area contributed by atoms with Crippen molar-refractivity contribution >= 4 is 33.4 Å². The van der Waals surface area contributed by atoms with Gasteiger partial charge in [-0.3, -0.25) is 4.79 Å². The second-order valence-electron chi connectivity index (χ2n) is 5.11. The van der Waals surface area contributed by atoms with Crippen LogP contribution in [0.3, 0.4) is 0 Å².